The Hall–Kier alpha value is -1.63. The number of allylic oxidation sites excluding steroid dienone is 5. The van der Waals surface area contributed by atoms with Crippen LogP contribution in [0.5, 0.6) is 0 Å². The van der Waals surface area contributed by atoms with Crippen molar-refractivity contribution in [2.75, 3.05) is 13.2 Å². The Labute approximate surface area is 328 Å². The van der Waals surface area contributed by atoms with Crippen LogP contribution in [-0.4, -0.2) is 98.7 Å². The molecule has 8 unspecified atom stereocenters. The van der Waals surface area contributed by atoms with E-state index in [1.807, 2.05) is 6.08 Å². The van der Waals surface area contributed by atoms with Crippen LogP contribution in [0.3, 0.4) is 0 Å². The fourth-order valence-electron chi connectivity index (χ4n) is 6.73. The predicted octanol–water partition coefficient (Wildman–Crippen LogP) is 7.47. The molecule has 8 atom stereocenters. The van der Waals surface area contributed by atoms with Crippen molar-refractivity contribution in [3.63, 3.8) is 0 Å². The first-order chi connectivity index (χ1) is 26.2. The normalized spacial score (nSPS) is 22.6. The summed E-state index contributed by atoms with van der Waals surface area (Å²) in [7, 11) is 0. The number of amides is 1. The molecule has 0 radical (unpaired) electrons. The second kappa shape index (κ2) is 33.5. The van der Waals surface area contributed by atoms with E-state index < -0.39 is 61.5 Å². The van der Waals surface area contributed by atoms with E-state index in [9.17, 15) is 35.4 Å². The molecule has 1 heterocycles. The van der Waals surface area contributed by atoms with Crippen molar-refractivity contribution in [3.05, 3.63) is 36.0 Å². The third-order valence-electron chi connectivity index (χ3n) is 10.4. The Morgan fingerprint density at radius 1 is 0.704 bits per heavy atom. The SMILES string of the molecule is CCCCCCCC=CC(C)=CCCC=CC(O)C(COC1OC(CO)C(O)C(O)C1O)NC(=O)C(O)CCCCCCCCCCCCCCCCC. The Morgan fingerprint density at radius 3 is 1.80 bits per heavy atom. The zero-order valence-electron chi connectivity index (χ0n) is 34.3. The van der Waals surface area contributed by atoms with Crippen LogP contribution in [0.2, 0.25) is 0 Å². The highest BCUT2D eigenvalue weighted by Gasteiger charge is 2.44. The Morgan fingerprint density at radius 2 is 1.24 bits per heavy atom. The second-order valence-corrected chi connectivity index (χ2v) is 15.4. The lowest BCUT2D eigenvalue weighted by Gasteiger charge is -2.40. The number of hydrogen-bond donors (Lipinski definition) is 7. The van der Waals surface area contributed by atoms with Crippen molar-refractivity contribution in [1.82, 2.24) is 5.32 Å². The molecular formula is C44H81NO9. The maximum Gasteiger partial charge on any atom is 0.249 e. The molecule has 1 amide bonds. The molecule has 1 fully saturated rings. The highest BCUT2D eigenvalue weighted by molar-refractivity contribution is 5.80. The lowest BCUT2D eigenvalue weighted by molar-refractivity contribution is -0.302. The lowest BCUT2D eigenvalue weighted by Crippen LogP contribution is -2.60. The number of unbranched alkanes of at least 4 members (excludes halogenated alkanes) is 20. The smallest absolute Gasteiger partial charge is 0.249 e. The molecule has 1 rings (SSSR count). The van der Waals surface area contributed by atoms with E-state index in [-0.39, 0.29) is 6.61 Å². The van der Waals surface area contributed by atoms with E-state index in [1.165, 1.54) is 108 Å². The van der Waals surface area contributed by atoms with Crippen molar-refractivity contribution in [1.29, 1.82) is 0 Å². The van der Waals surface area contributed by atoms with Crippen LogP contribution in [-0.2, 0) is 14.3 Å². The van der Waals surface area contributed by atoms with Gasteiger partial charge in [0, 0.05) is 0 Å². The standard InChI is InChI=1S/C44H81NO9/c1-4-6-8-10-12-13-14-15-16-17-18-19-21-23-27-32-38(48)43(52)45-36(34-53-44-42(51)41(50)40(49)39(33-46)54-44)37(47)31-28-24-26-30-35(3)29-25-22-20-11-9-7-5-2/h25,28-31,36-42,44,46-51H,4-24,26-27,32-34H2,1-3H3,(H,45,52). The molecule has 0 bridgehead atoms. The van der Waals surface area contributed by atoms with E-state index in [0.717, 1.165) is 32.1 Å². The van der Waals surface area contributed by atoms with Crippen LogP contribution in [0, 0.1) is 0 Å². The summed E-state index contributed by atoms with van der Waals surface area (Å²) in [5.41, 5.74) is 1.18. The monoisotopic (exact) mass is 768 g/mol. The van der Waals surface area contributed by atoms with Gasteiger partial charge in [-0.1, -0.05) is 172 Å². The van der Waals surface area contributed by atoms with Gasteiger partial charge in [0.1, 0.15) is 30.5 Å². The quantitative estimate of drug-likeness (QED) is 0.0200. The summed E-state index contributed by atoms with van der Waals surface area (Å²) in [6, 6.07) is -1.01. The topological polar surface area (TPSA) is 169 Å². The average Bonchev–Trinajstić information content (AvgIpc) is 3.16. The van der Waals surface area contributed by atoms with Crippen molar-refractivity contribution in [2.45, 2.75) is 224 Å². The second-order valence-electron chi connectivity index (χ2n) is 15.4. The van der Waals surface area contributed by atoms with E-state index in [4.69, 9.17) is 9.47 Å². The van der Waals surface area contributed by atoms with Gasteiger partial charge in [-0.2, -0.15) is 0 Å². The van der Waals surface area contributed by atoms with E-state index >= 15 is 0 Å². The van der Waals surface area contributed by atoms with Crippen LogP contribution >= 0.6 is 0 Å². The average molecular weight is 768 g/mol. The summed E-state index contributed by atoms with van der Waals surface area (Å²) in [5, 5.41) is 64.6. The largest absolute Gasteiger partial charge is 0.394 e. The van der Waals surface area contributed by atoms with Gasteiger partial charge in [-0.3, -0.25) is 4.79 Å². The minimum absolute atomic E-state index is 0.301. The first kappa shape index (κ1) is 50.4. The Balaban J connectivity index is 2.55. The molecule has 0 aliphatic carbocycles. The first-order valence-corrected chi connectivity index (χ1v) is 21.7. The van der Waals surface area contributed by atoms with Gasteiger partial charge < -0.3 is 45.4 Å². The molecule has 1 aliphatic heterocycles. The fraction of sp³-hybridized carbons (Fsp3) is 0.841. The number of hydrogen-bond acceptors (Lipinski definition) is 9. The van der Waals surface area contributed by atoms with Crippen molar-refractivity contribution in [3.8, 4) is 0 Å². The zero-order chi connectivity index (χ0) is 39.8. The van der Waals surface area contributed by atoms with Gasteiger partial charge in [0.05, 0.1) is 25.4 Å². The maximum atomic E-state index is 13.0. The van der Waals surface area contributed by atoms with Gasteiger partial charge in [-0.05, 0) is 39.0 Å². The molecule has 0 aromatic rings. The summed E-state index contributed by atoms with van der Waals surface area (Å²) >= 11 is 0. The van der Waals surface area contributed by atoms with Crippen molar-refractivity contribution in [2.24, 2.45) is 0 Å². The number of nitrogens with one attached hydrogen (secondary N) is 1. The molecule has 10 heteroatoms. The van der Waals surface area contributed by atoms with Gasteiger partial charge >= 0.3 is 0 Å². The molecule has 1 aliphatic rings. The lowest BCUT2D eigenvalue weighted by atomic mass is 9.99. The molecule has 7 N–H and O–H groups in total. The van der Waals surface area contributed by atoms with Gasteiger partial charge in [0.25, 0.3) is 0 Å². The molecular weight excluding hydrogens is 686 g/mol. The predicted molar refractivity (Wildman–Crippen MR) is 218 cm³/mol. The van der Waals surface area contributed by atoms with Crippen LogP contribution in [0.15, 0.2) is 36.0 Å². The summed E-state index contributed by atoms with van der Waals surface area (Å²) < 4.78 is 11.1. The minimum atomic E-state index is -1.62. The number of ether oxygens (including phenoxy) is 2. The molecule has 0 aromatic heterocycles. The minimum Gasteiger partial charge on any atom is -0.394 e. The third-order valence-corrected chi connectivity index (χ3v) is 10.4. The summed E-state index contributed by atoms with van der Waals surface area (Å²) in [6.07, 6.45) is 27.7. The maximum absolute atomic E-state index is 13.0. The first-order valence-electron chi connectivity index (χ1n) is 21.7. The van der Waals surface area contributed by atoms with Gasteiger partial charge in [-0.25, -0.2) is 0 Å². The molecule has 0 saturated carbocycles. The molecule has 1 saturated heterocycles. The highest BCUT2D eigenvalue weighted by atomic mass is 16.7. The fourth-order valence-corrected chi connectivity index (χ4v) is 6.73. The highest BCUT2D eigenvalue weighted by Crippen LogP contribution is 2.22. The molecule has 0 aromatic carbocycles. The third kappa shape index (κ3) is 24.1. The molecule has 10 nitrogen and oxygen atoms in total. The van der Waals surface area contributed by atoms with Crippen LogP contribution in [0.25, 0.3) is 0 Å². The molecule has 316 valence electrons. The van der Waals surface area contributed by atoms with Crippen LogP contribution < -0.4 is 5.32 Å². The number of aliphatic hydroxyl groups excluding tert-OH is 6. The van der Waals surface area contributed by atoms with E-state index in [2.05, 4.69) is 44.3 Å². The Bertz CT molecular complexity index is 987. The number of carbonyl (C=O) groups is 1. The number of aliphatic hydroxyl groups is 6. The van der Waals surface area contributed by atoms with Crippen LogP contribution in [0.4, 0.5) is 0 Å². The van der Waals surface area contributed by atoms with E-state index in [1.54, 1.807) is 6.08 Å². The number of rotatable bonds is 34. The summed E-state index contributed by atoms with van der Waals surface area (Å²) in [6.45, 7) is 5.61. The summed E-state index contributed by atoms with van der Waals surface area (Å²) in [5.74, 6) is -0.633. The van der Waals surface area contributed by atoms with Crippen LogP contribution in [0.1, 0.15) is 175 Å². The van der Waals surface area contributed by atoms with Gasteiger partial charge in [-0.15, -0.1) is 0 Å². The van der Waals surface area contributed by atoms with Gasteiger partial charge in [0.15, 0.2) is 6.29 Å². The molecule has 0 spiro atoms. The number of carbonyl (C=O) groups excluding carboxylic acids is 1. The van der Waals surface area contributed by atoms with Crippen molar-refractivity contribution >= 4 is 5.91 Å². The van der Waals surface area contributed by atoms with Gasteiger partial charge in [0.2, 0.25) is 5.91 Å². The van der Waals surface area contributed by atoms with E-state index in [0.29, 0.717) is 19.3 Å². The van der Waals surface area contributed by atoms with Crippen molar-refractivity contribution < 1.29 is 44.9 Å². The zero-order valence-corrected chi connectivity index (χ0v) is 34.3. The summed E-state index contributed by atoms with van der Waals surface area (Å²) in [4.78, 5) is 13.0. The Kier molecular flexibility index (Phi) is 31.3. The molecule has 54 heavy (non-hydrogen) atoms.